The Kier molecular flexibility index (Phi) is 4.33. The fraction of sp³-hybridized carbons (Fsp3) is 0.263. The first kappa shape index (κ1) is 16.5. The average molecular weight is 342 g/mol. The maximum Gasteiger partial charge on any atom is 0.272 e. The van der Waals surface area contributed by atoms with Crippen molar-refractivity contribution >= 4 is 23.0 Å². The number of nitrogens with zero attached hydrogens (tertiary/aromatic N) is 2. The minimum Gasteiger partial charge on any atom is -0.350 e. The van der Waals surface area contributed by atoms with Gasteiger partial charge in [0.2, 0.25) is 0 Å². The lowest BCUT2D eigenvalue weighted by Crippen LogP contribution is -2.32. The molecule has 2 heterocycles. The Morgan fingerprint density at radius 1 is 1.21 bits per heavy atom. The van der Waals surface area contributed by atoms with Gasteiger partial charge < -0.3 is 5.32 Å². The van der Waals surface area contributed by atoms with Gasteiger partial charge in [-0.25, -0.2) is 4.98 Å². The molecule has 124 valence electrons. The Hall–Kier alpha value is -2.33. The predicted octanol–water partition coefficient (Wildman–Crippen LogP) is 4.43. The molecule has 0 atom stereocenters. The summed E-state index contributed by atoms with van der Waals surface area (Å²) in [5, 5.41) is 3.60. The van der Waals surface area contributed by atoms with Crippen LogP contribution in [0.1, 0.15) is 31.3 Å². The number of hydrogen-bond acceptors (Lipinski definition) is 2. The molecule has 0 unspecified atom stereocenters. The van der Waals surface area contributed by atoms with Crippen molar-refractivity contribution in [2.45, 2.75) is 20.8 Å². The number of benzene rings is 1. The summed E-state index contributed by atoms with van der Waals surface area (Å²) in [5.41, 5.74) is 2.09. The minimum absolute atomic E-state index is 0.0149. The molecule has 3 aromatic rings. The third-order valence-electron chi connectivity index (χ3n) is 3.63. The zero-order valence-electron chi connectivity index (χ0n) is 14.0. The zero-order chi connectivity index (χ0) is 17.3. The van der Waals surface area contributed by atoms with Crippen LogP contribution in [0.15, 0.2) is 48.7 Å². The van der Waals surface area contributed by atoms with Crippen LogP contribution in [0.25, 0.3) is 16.9 Å². The van der Waals surface area contributed by atoms with Gasteiger partial charge >= 0.3 is 0 Å². The fourth-order valence-electron chi connectivity index (χ4n) is 2.47. The molecule has 0 aliphatic heterocycles. The first-order valence-corrected chi connectivity index (χ1v) is 8.24. The molecule has 2 aromatic heterocycles. The molecule has 1 amide bonds. The van der Waals surface area contributed by atoms with Gasteiger partial charge in [-0.15, -0.1) is 0 Å². The van der Waals surface area contributed by atoms with E-state index in [0.29, 0.717) is 23.1 Å². The summed E-state index contributed by atoms with van der Waals surface area (Å²) in [6, 6.07) is 13.2. The van der Waals surface area contributed by atoms with Gasteiger partial charge in [-0.05, 0) is 29.7 Å². The van der Waals surface area contributed by atoms with Crippen molar-refractivity contribution in [1.29, 1.82) is 0 Å². The summed E-state index contributed by atoms with van der Waals surface area (Å²) in [5.74, 6) is 0.538. The van der Waals surface area contributed by atoms with Gasteiger partial charge in [-0.3, -0.25) is 9.20 Å². The highest BCUT2D eigenvalue weighted by Gasteiger charge is 2.20. The number of pyridine rings is 1. The lowest BCUT2D eigenvalue weighted by molar-refractivity contribution is 0.0936. The summed E-state index contributed by atoms with van der Waals surface area (Å²) in [6.07, 6.45) is 1.90. The Labute approximate surface area is 146 Å². The molecule has 0 saturated heterocycles. The molecule has 0 spiro atoms. The summed E-state index contributed by atoms with van der Waals surface area (Å²) in [6.45, 7) is 6.83. The van der Waals surface area contributed by atoms with Gasteiger partial charge in [0, 0.05) is 23.3 Å². The molecule has 0 bridgehead atoms. The van der Waals surface area contributed by atoms with E-state index < -0.39 is 0 Å². The first-order valence-electron chi connectivity index (χ1n) is 7.86. The predicted molar refractivity (Wildman–Crippen MR) is 97.4 cm³/mol. The number of imidazole rings is 1. The van der Waals surface area contributed by atoms with Crippen LogP contribution in [0, 0.1) is 5.41 Å². The van der Waals surface area contributed by atoms with Crippen molar-refractivity contribution in [2.24, 2.45) is 5.41 Å². The topological polar surface area (TPSA) is 46.4 Å². The highest BCUT2D eigenvalue weighted by atomic mass is 35.5. The van der Waals surface area contributed by atoms with E-state index in [1.807, 2.05) is 53.1 Å². The lowest BCUT2D eigenvalue weighted by atomic mass is 9.97. The molecule has 1 aromatic carbocycles. The van der Waals surface area contributed by atoms with Crippen LogP contribution in [0.3, 0.4) is 0 Å². The molecule has 0 aliphatic carbocycles. The van der Waals surface area contributed by atoms with Crippen molar-refractivity contribution in [3.63, 3.8) is 0 Å². The number of aromatic nitrogens is 2. The number of hydrogen-bond donors (Lipinski definition) is 1. The van der Waals surface area contributed by atoms with E-state index in [9.17, 15) is 4.79 Å². The first-order chi connectivity index (χ1) is 11.3. The Bertz CT molecular complexity index is 893. The third kappa shape index (κ3) is 3.44. The molecule has 0 radical (unpaired) electrons. The number of carbonyl (C=O) groups is 1. The fourth-order valence-corrected chi connectivity index (χ4v) is 2.66. The van der Waals surface area contributed by atoms with Crippen LogP contribution in [-0.4, -0.2) is 21.8 Å². The SMILES string of the molecule is CC(C)(C)CNC(=O)c1nc(-c2cccc(Cl)c2)n2ccccc12. The Morgan fingerprint density at radius 3 is 2.71 bits per heavy atom. The number of amides is 1. The standard InChI is InChI=1S/C19H20ClN3O/c1-19(2,3)12-21-18(24)16-15-9-4-5-10-23(15)17(22-16)13-7-6-8-14(20)11-13/h4-11H,12H2,1-3H3,(H,21,24). The summed E-state index contributed by atoms with van der Waals surface area (Å²) in [7, 11) is 0. The van der Waals surface area contributed by atoms with E-state index >= 15 is 0 Å². The Morgan fingerprint density at radius 2 is 2.00 bits per heavy atom. The van der Waals surface area contributed by atoms with E-state index in [-0.39, 0.29) is 11.3 Å². The summed E-state index contributed by atoms with van der Waals surface area (Å²) in [4.78, 5) is 17.2. The average Bonchev–Trinajstić information content (AvgIpc) is 2.92. The van der Waals surface area contributed by atoms with Gasteiger partial charge in [-0.1, -0.05) is 50.6 Å². The molecule has 3 rings (SSSR count). The second-order valence-corrected chi connectivity index (χ2v) is 7.43. The van der Waals surface area contributed by atoms with Crippen molar-refractivity contribution in [1.82, 2.24) is 14.7 Å². The van der Waals surface area contributed by atoms with Crippen LogP contribution in [0.2, 0.25) is 5.02 Å². The van der Waals surface area contributed by atoms with Gasteiger partial charge in [-0.2, -0.15) is 0 Å². The smallest absolute Gasteiger partial charge is 0.272 e. The van der Waals surface area contributed by atoms with Crippen molar-refractivity contribution < 1.29 is 4.79 Å². The second-order valence-electron chi connectivity index (χ2n) is 6.99. The van der Waals surface area contributed by atoms with Crippen molar-refractivity contribution in [3.05, 3.63) is 59.4 Å². The maximum atomic E-state index is 12.6. The molecule has 0 fully saturated rings. The van der Waals surface area contributed by atoms with E-state index in [1.165, 1.54) is 0 Å². The largest absolute Gasteiger partial charge is 0.350 e. The van der Waals surface area contributed by atoms with Crippen molar-refractivity contribution in [2.75, 3.05) is 6.54 Å². The normalized spacial score (nSPS) is 11.7. The molecule has 5 heteroatoms. The highest BCUT2D eigenvalue weighted by Crippen LogP contribution is 2.25. The molecule has 0 saturated carbocycles. The number of fused-ring (bicyclic) bond motifs is 1. The minimum atomic E-state index is -0.165. The number of nitrogens with one attached hydrogen (secondary N) is 1. The van der Waals surface area contributed by atoms with Crippen LogP contribution in [-0.2, 0) is 0 Å². The molecule has 0 aliphatic rings. The number of halogens is 1. The van der Waals surface area contributed by atoms with Crippen LogP contribution in [0.5, 0.6) is 0 Å². The van der Waals surface area contributed by atoms with Crippen molar-refractivity contribution in [3.8, 4) is 11.4 Å². The molecule has 4 nitrogen and oxygen atoms in total. The van der Waals surface area contributed by atoms with Gasteiger partial charge in [0.25, 0.3) is 5.91 Å². The van der Waals surface area contributed by atoms with Crippen LogP contribution < -0.4 is 5.32 Å². The van der Waals surface area contributed by atoms with Gasteiger partial charge in [0.1, 0.15) is 5.82 Å². The zero-order valence-corrected chi connectivity index (χ0v) is 14.8. The van der Waals surface area contributed by atoms with Crippen LogP contribution >= 0.6 is 11.6 Å². The summed E-state index contributed by atoms with van der Waals surface area (Å²) >= 11 is 6.10. The van der Waals surface area contributed by atoms with Gasteiger partial charge in [0.15, 0.2) is 5.69 Å². The highest BCUT2D eigenvalue weighted by molar-refractivity contribution is 6.30. The molecule has 1 N–H and O–H groups in total. The van der Waals surface area contributed by atoms with Crippen LogP contribution in [0.4, 0.5) is 0 Å². The quantitative estimate of drug-likeness (QED) is 0.766. The molecular weight excluding hydrogens is 322 g/mol. The van der Waals surface area contributed by atoms with E-state index in [0.717, 1.165) is 11.1 Å². The monoisotopic (exact) mass is 341 g/mol. The third-order valence-corrected chi connectivity index (χ3v) is 3.86. The van der Waals surface area contributed by atoms with E-state index in [4.69, 9.17) is 11.6 Å². The maximum absolute atomic E-state index is 12.6. The second kappa shape index (κ2) is 6.29. The molecular formula is C19H20ClN3O. The molecule has 24 heavy (non-hydrogen) atoms. The Balaban J connectivity index is 2.05. The van der Waals surface area contributed by atoms with E-state index in [2.05, 4.69) is 31.1 Å². The summed E-state index contributed by atoms with van der Waals surface area (Å²) < 4.78 is 1.91. The number of carbonyl (C=O) groups excluding carboxylic acids is 1. The van der Waals surface area contributed by atoms with E-state index in [1.54, 1.807) is 0 Å². The number of rotatable bonds is 3. The lowest BCUT2D eigenvalue weighted by Gasteiger charge is -2.18. The van der Waals surface area contributed by atoms with Gasteiger partial charge in [0.05, 0.1) is 5.52 Å².